The second-order valence-corrected chi connectivity index (χ2v) is 9.23. The van der Waals surface area contributed by atoms with Crippen molar-refractivity contribution >= 4 is 38.5 Å². The topological polar surface area (TPSA) is 71.0 Å². The highest BCUT2D eigenvalue weighted by Gasteiger charge is 2.42. The molecule has 120 valence electrons. The fourth-order valence-electron chi connectivity index (χ4n) is 2.93. The van der Waals surface area contributed by atoms with Crippen LogP contribution in [0, 0.1) is 9.39 Å². The Bertz CT molecular complexity index is 759. The zero-order valence-corrected chi connectivity index (χ0v) is 15.2. The van der Waals surface area contributed by atoms with Gasteiger partial charge in [0, 0.05) is 15.7 Å². The van der Waals surface area contributed by atoms with Crippen LogP contribution in [0.25, 0.3) is 0 Å². The summed E-state index contributed by atoms with van der Waals surface area (Å²) in [6.07, 6.45) is 1.76. The van der Waals surface area contributed by atoms with Gasteiger partial charge in [-0.1, -0.05) is 0 Å². The van der Waals surface area contributed by atoms with Gasteiger partial charge in [-0.15, -0.1) is 0 Å². The highest BCUT2D eigenvalue weighted by atomic mass is 127. The van der Waals surface area contributed by atoms with Gasteiger partial charge in [0.1, 0.15) is 21.3 Å². The molecule has 8 heteroatoms. The lowest BCUT2D eigenvalue weighted by Gasteiger charge is -2.38. The molecule has 22 heavy (non-hydrogen) atoms. The van der Waals surface area contributed by atoms with E-state index >= 15 is 0 Å². The third-order valence-corrected chi connectivity index (χ3v) is 7.25. The molecule has 0 fully saturated rings. The Balaban J connectivity index is 2.16. The molecule has 2 N–H and O–H groups in total. The lowest BCUT2D eigenvalue weighted by atomic mass is 9.94. The molecule has 0 amide bonds. The van der Waals surface area contributed by atoms with Gasteiger partial charge in [0.2, 0.25) is 5.96 Å². The molecule has 0 saturated heterocycles. The summed E-state index contributed by atoms with van der Waals surface area (Å²) in [6, 6.07) is 4.85. The van der Waals surface area contributed by atoms with Crippen LogP contribution in [0.4, 0.5) is 4.39 Å². The van der Waals surface area contributed by atoms with E-state index in [2.05, 4.69) is 31.9 Å². The number of aliphatic imine (C=N–C) groups is 1. The number of benzene rings is 1. The molecule has 3 rings (SSSR count). The quantitative estimate of drug-likeness (QED) is 0.688. The van der Waals surface area contributed by atoms with Crippen molar-refractivity contribution in [2.45, 2.75) is 25.3 Å². The maximum Gasteiger partial charge on any atom is 0.204 e. The van der Waals surface area contributed by atoms with Crippen LogP contribution in [0.15, 0.2) is 27.6 Å². The van der Waals surface area contributed by atoms with Gasteiger partial charge in [-0.3, -0.25) is 4.31 Å². The second kappa shape index (κ2) is 5.63. The minimum atomic E-state index is -2.67. The van der Waals surface area contributed by atoms with Gasteiger partial charge < -0.3 is 5.73 Å². The number of nitrogens with two attached hydrogens (primary N) is 1. The number of rotatable bonds is 1. The van der Waals surface area contributed by atoms with Crippen molar-refractivity contribution in [2.75, 3.05) is 18.8 Å². The first kappa shape index (κ1) is 16.0. The minimum Gasteiger partial charge on any atom is -0.369 e. The average molecular weight is 436 g/mol. The summed E-state index contributed by atoms with van der Waals surface area (Å²) in [5.74, 6) is 0.00440. The summed E-state index contributed by atoms with van der Waals surface area (Å²) in [5.41, 5.74) is 5.52. The Morgan fingerprint density at radius 3 is 3.00 bits per heavy atom. The molecule has 2 aliphatic rings. The number of hydrogen-bond acceptors (Lipinski definition) is 4. The van der Waals surface area contributed by atoms with Crippen molar-refractivity contribution in [1.82, 2.24) is 4.31 Å². The predicted octanol–water partition coefficient (Wildman–Crippen LogP) is 2.45. The summed E-state index contributed by atoms with van der Waals surface area (Å²) < 4.78 is 34.5. The average Bonchev–Trinajstić information content (AvgIpc) is 2.62. The zero-order valence-electron chi connectivity index (χ0n) is 12.3. The lowest BCUT2D eigenvalue weighted by Crippen LogP contribution is -2.52. The Labute approximate surface area is 143 Å². The Morgan fingerprint density at radius 2 is 2.23 bits per heavy atom. The van der Waals surface area contributed by atoms with Crippen LogP contribution < -0.4 is 5.73 Å². The minimum absolute atomic E-state index is 0.164. The summed E-state index contributed by atoms with van der Waals surface area (Å²) in [7, 11) is -2.67. The number of hydrogen-bond donors (Lipinski definition) is 1. The van der Waals surface area contributed by atoms with Crippen molar-refractivity contribution < 1.29 is 8.60 Å². The van der Waals surface area contributed by atoms with Crippen LogP contribution in [0.2, 0.25) is 0 Å². The fourth-order valence-corrected chi connectivity index (χ4v) is 5.92. The normalized spacial score (nSPS) is 31.8. The summed E-state index contributed by atoms with van der Waals surface area (Å²) in [4.78, 5) is 4.50. The monoisotopic (exact) mass is 436 g/mol. The Morgan fingerprint density at radius 1 is 1.45 bits per heavy atom. The third-order valence-electron chi connectivity index (χ3n) is 4.00. The standard InChI is InChI=1S/C14H18FIN4OS/c1-14(11-8-10(16)4-5-12(11)15)9-22(21)18-6-2-3-7-20(22)13(17)19-14/h4-5,8H,2-3,6-7,9H2,1H3,(H2,17,19)/t14-,22-/m0/s1. The van der Waals surface area contributed by atoms with E-state index < -0.39 is 15.5 Å². The molecular formula is C14H18FIN4OS. The molecule has 0 spiro atoms. The highest BCUT2D eigenvalue weighted by Crippen LogP contribution is 2.35. The van der Waals surface area contributed by atoms with Gasteiger partial charge in [-0.2, -0.15) is 0 Å². The van der Waals surface area contributed by atoms with Crippen LogP contribution in [0.5, 0.6) is 0 Å². The largest absolute Gasteiger partial charge is 0.369 e. The van der Waals surface area contributed by atoms with E-state index in [1.807, 2.05) is 0 Å². The predicted molar refractivity (Wildman–Crippen MR) is 94.3 cm³/mol. The lowest BCUT2D eigenvalue weighted by molar-refractivity contribution is 0.464. The molecule has 2 heterocycles. The van der Waals surface area contributed by atoms with Gasteiger partial charge >= 0.3 is 0 Å². The summed E-state index contributed by atoms with van der Waals surface area (Å²) in [6.45, 7) is 2.91. The molecule has 0 saturated carbocycles. The molecule has 5 nitrogen and oxygen atoms in total. The Hall–Kier alpha value is -0.900. The summed E-state index contributed by atoms with van der Waals surface area (Å²) in [5, 5.41) is 0. The molecule has 2 aliphatic heterocycles. The molecule has 2 atom stereocenters. The fraction of sp³-hybridized carbons (Fsp3) is 0.500. The molecule has 1 aromatic carbocycles. The van der Waals surface area contributed by atoms with E-state index in [4.69, 9.17) is 5.73 Å². The molecule has 0 unspecified atom stereocenters. The van der Waals surface area contributed by atoms with Crippen molar-refractivity contribution in [3.05, 3.63) is 33.1 Å². The molecule has 0 aliphatic carbocycles. The van der Waals surface area contributed by atoms with Gasteiger partial charge in [-0.25, -0.2) is 18.0 Å². The maximum atomic E-state index is 14.3. The van der Waals surface area contributed by atoms with Crippen molar-refractivity contribution in [3.63, 3.8) is 0 Å². The van der Waals surface area contributed by atoms with Crippen molar-refractivity contribution in [1.29, 1.82) is 0 Å². The molecular weight excluding hydrogens is 418 g/mol. The van der Waals surface area contributed by atoms with E-state index in [1.165, 1.54) is 6.07 Å². The van der Waals surface area contributed by atoms with E-state index in [1.54, 1.807) is 23.4 Å². The first-order chi connectivity index (χ1) is 10.3. The van der Waals surface area contributed by atoms with Crippen LogP contribution >= 0.6 is 22.6 Å². The van der Waals surface area contributed by atoms with Crippen LogP contribution in [0.3, 0.4) is 0 Å². The van der Waals surface area contributed by atoms with Crippen molar-refractivity contribution in [3.8, 4) is 0 Å². The molecule has 1 aromatic rings. The number of halogens is 2. The third kappa shape index (κ3) is 2.70. The number of nitrogens with zero attached hydrogens (tertiary/aromatic N) is 3. The van der Waals surface area contributed by atoms with Gasteiger partial charge in [0.15, 0.2) is 0 Å². The van der Waals surface area contributed by atoms with E-state index in [9.17, 15) is 8.60 Å². The number of guanidine groups is 1. The first-order valence-corrected chi connectivity index (χ1v) is 9.85. The van der Waals surface area contributed by atoms with Crippen LogP contribution in [0.1, 0.15) is 25.3 Å². The second-order valence-electron chi connectivity index (χ2n) is 5.78. The molecule has 0 bridgehead atoms. The molecule has 0 radical (unpaired) electrons. The first-order valence-electron chi connectivity index (χ1n) is 7.13. The van der Waals surface area contributed by atoms with E-state index in [-0.39, 0.29) is 17.5 Å². The zero-order chi connectivity index (χ0) is 16.0. The highest BCUT2D eigenvalue weighted by molar-refractivity contribution is 14.1. The maximum absolute atomic E-state index is 14.3. The van der Waals surface area contributed by atoms with Crippen LogP contribution in [-0.4, -0.2) is 33.3 Å². The van der Waals surface area contributed by atoms with Crippen LogP contribution in [-0.2, 0) is 15.5 Å². The van der Waals surface area contributed by atoms with E-state index in [0.717, 1.165) is 16.4 Å². The SMILES string of the molecule is C[C@@]1(c2cc(I)ccc2F)C[S@]2(=O)=NCCCCN2C(N)=N1. The molecule has 0 aromatic heterocycles. The number of fused-ring (bicyclic) bond motifs is 1. The van der Waals surface area contributed by atoms with Crippen molar-refractivity contribution in [2.24, 2.45) is 15.1 Å². The van der Waals surface area contributed by atoms with E-state index in [0.29, 0.717) is 18.7 Å². The Kier molecular flexibility index (Phi) is 4.09. The van der Waals surface area contributed by atoms with Gasteiger partial charge in [0.25, 0.3) is 0 Å². The summed E-state index contributed by atoms with van der Waals surface area (Å²) >= 11 is 2.13. The van der Waals surface area contributed by atoms with Gasteiger partial charge in [0.05, 0.1) is 12.3 Å². The smallest absolute Gasteiger partial charge is 0.204 e. The van der Waals surface area contributed by atoms with Gasteiger partial charge in [-0.05, 0) is 60.6 Å².